The topological polar surface area (TPSA) is 35.5 Å². The highest BCUT2D eigenvalue weighted by atomic mass is 16.7. The second-order valence-corrected chi connectivity index (χ2v) is 3.26. The second-order valence-electron chi connectivity index (χ2n) is 3.26. The third kappa shape index (κ3) is 2.14. The zero-order valence-electron chi connectivity index (χ0n) is 8.31. The summed E-state index contributed by atoms with van der Waals surface area (Å²) in [7, 11) is 0. The van der Waals surface area contributed by atoms with Gasteiger partial charge in [0, 0.05) is 5.56 Å². The SMILES string of the molecule is C=Cc1ccc(C(=O)C2OCCO2)cc1. The third-order valence-electron chi connectivity index (χ3n) is 2.27. The van der Waals surface area contributed by atoms with E-state index in [4.69, 9.17) is 9.47 Å². The quantitative estimate of drug-likeness (QED) is 0.705. The Bertz CT molecular complexity index is 361. The van der Waals surface area contributed by atoms with Gasteiger partial charge in [-0.15, -0.1) is 0 Å². The maximum Gasteiger partial charge on any atom is 0.222 e. The molecule has 0 atom stereocenters. The summed E-state index contributed by atoms with van der Waals surface area (Å²) < 4.78 is 10.3. The van der Waals surface area contributed by atoms with E-state index in [0.717, 1.165) is 5.56 Å². The van der Waals surface area contributed by atoms with Crippen LogP contribution < -0.4 is 0 Å². The molecule has 0 aromatic heterocycles. The molecule has 0 amide bonds. The number of ketones is 1. The van der Waals surface area contributed by atoms with E-state index in [-0.39, 0.29) is 5.78 Å². The Morgan fingerprint density at radius 1 is 1.27 bits per heavy atom. The van der Waals surface area contributed by atoms with Gasteiger partial charge < -0.3 is 9.47 Å². The van der Waals surface area contributed by atoms with Gasteiger partial charge in [0.15, 0.2) is 0 Å². The fourth-order valence-electron chi connectivity index (χ4n) is 1.43. The van der Waals surface area contributed by atoms with Crippen molar-refractivity contribution in [2.24, 2.45) is 0 Å². The van der Waals surface area contributed by atoms with Crippen LogP contribution in [0.1, 0.15) is 15.9 Å². The van der Waals surface area contributed by atoms with Crippen LogP contribution in [0.25, 0.3) is 6.08 Å². The second kappa shape index (κ2) is 4.38. The summed E-state index contributed by atoms with van der Waals surface area (Å²) in [6, 6.07) is 7.19. The molecule has 0 unspecified atom stereocenters. The lowest BCUT2D eigenvalue weighted by atomic mass is 10.1. The fourth-order valence-corrected chi connectivity index (χ4v) is 1.43. The summed E-state index contributed by atoms with van der Waals surface area (Å²) >= 11 is 0. The van der Waals surface area contributed by atoms with Crippen LogP contribution in [0, 0.1) is 0 Å². The van der Waals surface area contributed by atoms with Crippen molar-refractivity contribution in [3.8, 4) is 0 Å². The van der Waals surface area contributed by atoms with E-state index in [1.165, 1.54) is 0 Å². The molecule has 0 radical (unpaired) electrons. The molecular formula is C12H12O3. The van der Waals surface area contributed by atoms with Crippen LogP contribution in [0.4, 0.5) is 0 Å². The Balaban J connectivity index is 2.14. The van der Waals surface area contributed by atoms with E-state index in [1.807, 2.05) is 12.1 Å². The first-order valence-electron chi connectivity index (χ1n) is 4.81. The maximum absolute atomic E-state index is 11.8. The smallest absolute Gasteiger partial charge is 0.222 e. The van der Waals surface area contributed by atoms with Gasteiger partial charge in [-0.25, -0.2) is 0 Å². The molecule has 0 aliphatic carbocycles. The third-order valence-corrected chi connectivity index (χ3v) is 2.27. The molecule has 1 saturated heterocycles. The number of carbonyl (C=O) groups excluding carboxylic acids is 1. The average Bonchev–Trinajstić information content (AvgIpc) is 2.82. The lowest BCUT2D eigenvalue weighted by Gasteiger charge is -2.07. The van der Waals surface area contributed by atoms with Crippen molar-refractivity contribution >= 4 is 11.9 Å². The van der Waals surface area contributed by atoms with Crippen molar-refractivity contribution in [3.05, 3.63) is 42.0 Å². The number of carbonyl (C=O) groups is 1. The molecule has 0 N–H and O–H groups in total. The van der Waals surface area contributed by atoms with Gasteiger partial charge in [0.05, 0.1) is 13.2 Å². The van der Waals surface area contributed by atoms with Crippen molar-refractivity contribution < 1.29 is 14.3 Å². The van der Waals surface area contributed by atoms with Crippen LogP contribution in [0.2, 0.25) is 0 Å². The molecule has 1 aromatic carbocycles. The summed E-state index contributed by atoms with van der Waals surface area (Å²) in [5.74, 6) is -0.122. The number of Topliss-reactive ketones (excluding diaryl/α,β-unsaturated/α-hetero) is 1. The number of ether oxygens (including phenoxy) is 2. The van der Waals surface area contributed by atoms with Gasteiger partial charge in [-0.2, -0.15) is 0 Å². The lowest BCUT2D eigenvalue weighted by Crippen LogP contribution is -2.21. The molecule has 1 heterocycles. The zero-order chi connectivity index (χ0) is 10.7. The number of benzene rings is 1. The van der Waals surface area contributed by atoms with E-state index < -0.39 is 6.29 Å². The maximum atomic E-state index is 11.8. The largest absolute Gasteiger partial charge is 0.343 e. The van der Waals surface area contributed by atoms with Crippen LogP contribution in [0.3, 0.4) is 0 Å². The van der Waals surface area contributed by atoms with Crippen LogP contribution in [-0.2, 0) is 9.47 Å². The minimum atomic E-state index is -0.723. The molecule has 1 aliphatic heterocycles. The molecule has 15 heavy (non-hydrogen) atoms. The number of rotatable bonds is 3. The zero-order valence-corrected chi connectivity index (χ0v) is 8.31. The van der Waals surface area contributed by atoms with Crippen molar-refractivity contribution in [1.29, 1.82) is 0 Å². The van der Waals surface area contributed by atoms with Gasteiger partial charge in [0.25, 0.3) is 0 Å². The van der Waals surface area contributed by atoms with Crippen LogP contribution in [0.5, 0.6) is 0 Å². The molecule has 78 valence electrons. The molecular weight excluding hydrogens is 192 g/mol. The van der Waals surface area contributed by atoms with Crippen molar-refractivity contribution in [1.82, 2.24) is 0 Å². The first kappa shape index (κ1) is 10.1. The average molecular weight is 204 g/mol. The standard InChI is InChI=1S/C12H12O3/c1-2-9-3-5-10(6-4-9)11(13)12-14-7-8-15-12/h2-6,12H,1,7-8H2. The van der Waals surface area contributed by atoms with E-state index in [1.54, 1.807) is 18.2 Å². The van der Waals surface area contributed by atoms with Crippen LogP contribution in [0.15, 0.2) is 30.8 Å². The predicted octanol–water partition coefficient (Wildman–Crippen LogP) is 1.89. The first-order valence-corrected chi connectivity index (χ1v) is 4.81. The molecule has 0 bridgehead atoms. The molecule has 2 rings (SSSR count). The van der Waals surface area contributed by atoms with Gasteiger partial charge in [0.2, 0.25) is 12.1 Å². The van der Waals surface area contributed by atoms with E-state index in [2.05, 4.69) is 6.58 Å². The van der Waals surface area contributed by atoms with Gasteiger partial charge in [0.1, 0.15) is 0 Å². The van der Waals surface area contributed by atoms with Crippen LogP contribution in [-0.4, -0.2) is 25.3 Å². The van der Waals surface area contributed by atoms with Gasteiger partial charge in [-0.1, -0.05) is 36.9 Å². The molecule has 1 fully saturated rings. The Morgan fingerprint density at radius 3 is 2.40 bits per heavy atom. The minimum absolute atomic E-state index is 0.122. The molecule has 3 heteroatoms. The highest BCUT2D eigenvalue weighted by Gasteiger charge is 2.25. The summed E-state index contributed by atoms with van der Waals surface area (Å²) in [4.78, 5) is 11.8. The highest BCUT2D eigenvalue weighted by molar-refractivity contribution is 5.98. The minimum Gasteiger partial charge on any atom is -0.343 e. The molecule has 0 saturated carbocycles. The van der Waals surface area contributed by atoms with E-state index >= 15 is 0 Å². The number of hydrogen-bond acceptors (Lipinski definition) is 3. The summed E-state index contributed by atoms with van der Waals surface area (Å²) in [6.07, 6.45) is 1.01. The van der Waals surface area contributed by atoms with Gasteiger partial charge in [-0.3, -0.25) is 4.79 Å². The fraction of sp³-hybridized carbons (Fsp3) is 0.250. The summed E-state index contributed by atoms with van der Waals surface area (Å²) in [5, 5.41) is 0. The Labute approximate surface area is 88.3 Å². The molecule has 3 nitrogen and oxygen atoms in total. The van der Waals surface area contributed by atoms with Gasteiger partial charge >= 0.3 is 0 Å². The Hall–Kier alpha value is -1.45. The monoisotopic (exact) mass is 204 g/mol. The molecule has 1 aromatic rings. The molecule has 1 aliphatic rings. The Kier molecular flexibility index (Phi) is 2.94. The predicted molar refractivity (Wildman–Crippen MR) is 56.6 cm³/mol. The number of hydrogen-bond donors (Lipinski definition) is 0. The van der Waals surface area contributed by atoms with Crippen LogP contribution >= 0.6 is 0 Å². The first-order chi connectivity index (χ1) is 7.31. The van der Waals surface area contributed by atoms with Crippen molar-refractivity contribution in [2.75, 3.05) is 13.2 Å². The Morgan fingerprint density at radius 2 is 1.87 bits per heavy atom. The van der Waals surface area contributed by atoms with Gasteiger partial charge in [-0.05, 0) is 5.56 Å². The summed E-state index contributed by atoms with van der Waals surface area (Å²) in [5.41, 5.74) is 1.59. The normalized spacial score (nSPS) is 16.5. The molecule has 0 spiro atoms. The highest BCUT2D eigenvalue weighted by Crippen LogP contribution is 2.13. The van der Waals surface area contributed by atoms with Crippen molar-refractivity contribution in [3.63, 3.8) is 0 Å². The summed E-state index contributed by atoms with van der Waals surface area (Å²) in [6.45, 7) is 4.62. The van der Waals surface area contributed by atoms with E-state index in [9.17, 15) is 4.79 Å². The van der Waals surface area contributed by atoms with E-state index in [0.29, 0.717) is 18.8 Å². The van der Waals surface area contributed by atoms with Crippen molar-refractivity contribution in [2.45, 2.75) is 6.29 Å². The lowest BCUT2D eigenvalue weighted by molar-refractivity contribution is -0.0213.